The van der Waals surface area contributed by atoms with E-state index in [1.807, 2.05) is 0 Å². The summed E-state index contributed by atoms with van der Waals surface area (Å²) in [6.07, 6.45) is -3.98. The van der Waals surface area contributed by atoms with E-state index in [9.17, 15) is 57.2 Å². The van der Waals surface area contributed by atoms with E-state index in [0.717, 1.165) is 0 Å². The van der Waals surface area contributed by atoms with Crippen LogP contribution in [0.1, 0.15) is 5.56 Å². The molecule has 1 aliphatic heterocycles. The molecule has 260 valence electrons. The van der Waals surface area contributed by atoms with Gasteiger partial charge in [0.2, 0.25) is 0 Å². The Balaban J connectivity index is 2.31. The Morgan fingerprint density at radius 2 is 1.28 bits per heavy atom. The van der Waals surface area contributed by atoms with Crippen LogP contribution < -0.4 is 4.74 Å². The first-order valence-corrected chi connectivity index (χ1v) is 14.3. The average molecular weight is 669 g/mol. The average Bonchev–Trinajstić information content (AvgIpc) is 2.99. The minimum atomic E-state index is -4.35. The van der Waals surface area contributed by atoms with Gasteiger partial charge >= 0.3 is 36.2 Å². The van der Waals surface area contributed by atoms with Crippen molar-refractivity contribution >= 4 is 23.9 Å². The fourth-order valence-corrected chi connectivity index (χ4v) is 4.81. The monoisotopic (exact) mass is 668 g/mol. The van der Waals surface area contributed by atoms with Crippen molar-refractivity contribution in [3.05, 3.63) is 29.8 Å². The highest BCUT2D eigenvalue weighted by Gasteiger charge is 2.41. The van der Waals surface area contributed by atoms with E-state index in [4.69, 9.17) is 9.47 Å². The summed E-state index contributed by atoms with van der Waals surface area (Å²) in [6, 6.07) is 2.89. The second-order valence-corrected chi connectivity index (χ2v) is 10.7. The summed E-state index contributed by atoms with van der Waals surface area (Å²) in [6.45, 7) is -2.17. The van der Waals surface area contributed by atoms with Gasteiger partial charge in [0.25, 0.3) is 0 Å². The first kappa shape index (κ1) is 38.6. The van der Waals surface area contributed by atoms with Crippen molar-refractivity contribution in [2.24, 2.45) is 0 Å². The molecule has 18 heteroatoms. The van der Waals surface area contributed by atoms with E-state index in [0.29, 0.717) is 5.56 Å². The number of methoxy groups -OCH3 is 1. The third-order valence-corrected chi connectivity index (χ3v) is 7.48. The summed E-state index contributed by atoms with van der Waals surface area (Å²) in [5, 5.41) is 39.0. The molecule has 1 saturated heterocycles. The topological polar surface area (TPSA) is 181 Å². The maximum atomic E-state index is 13.2. The molecule has 0 saturated carbocycles. The Morgan fingerprint density at radius 3 is 1.70 bits per heavy atom. The highest BCUT2D eigenvalue weighted by molar-refractivity contribution is 5.74. The third-order valence-electron chi connectivity index (χ3n) is 7.48. The lowest BCUT2D eigenvalue weighted by Gasteiger charge is -2.36. The number of rotatable bonds is 15. The van der Waals surface area contributed by atoms with E-state index < -0.39 is 68.1 Å². The fraction of sp³-hybridized carbons (Fsp3) is 0.643. The number of carbonyl (C=O) groups excluding carboxylic acids is 1. The largest absolute Gasteiger partial charge is 0.487 e. The summed E-state index contributed by atoms with van der Waals surface area (Å²) in [5.74, 6) is -8.70. The van der Waals surface area contributed by atoms with Crippen LogP contribution in [0.5, 0.6) is 5.75 Å². The normalized spacial score (nSPS) is 18.2. The number of carboxylic acids is 3. The smallest absolute Gasteiger partial charge is 0.340 e. The molecule has 0 aliphatic carbocycles. The minimum absolute atomic E-state index is 0.0525. The number of halogens is 4. The summed E-state index contributed by atoms with van der Waals surface area (Å²) < 4.78 is 60.8. The number of aliphatic hydroxyl groups is 1. The van der Waals surface area contributed by atoms with Crippen molar-refractivity contribution in [1.29, 1.82) is 0 Å². The van der Waals surface area contributed by atoms with Crippen LogP contribution in [0.2, 0.25) is 0 Å². The van der Waals surface area contributed by atoms with Crippen LogP contribution >= 0.6 is 0 Å². The number of ether oxygens (including phenoxy) is 2. The zero-order chi connectivity index (χ0) is 34.4. The van der Waals surface area contributed by atoms with Crippen molar-refractivity contribution in [2.75, 3.05) is 85.8 Å². The number of aliphatic hydroxyl groups excluding tert-OH is 1. The molecule has 1 heterocycles. The zero-order valence-electron chi connectivity index (χ0n) is 25.3. The molecule has 1 fully saturated rings. The van der Waals surface area contributed by atoms with Gasteiger partial charge < -0.3 is 29.9 Å². The fourth-order valence-electron chi connectivity index (χ4n) is 4.81. The Hall–Kier alpha value is -3.58. The van der Waals surface area contributed by atoms with Crippen LogP contribution in [0.3, 0.4) is 0 Å². The second kappa shape index (κ2) is 18.5. The Bertz CT molecular complexity index is 1150. The van der Waals surface area contributed by atoms with Gasteiger partial charge in [-0.15, -0.1) is 0 Å². The standard InChI is InChI=1S/C28H40F4N4O10/c1-45-24(40)16-34-8-11-35(10-6-33(15-23(38)39)7-12-36(13-9-34)22(17-37)26(43)44)21(25(41)42)14-19-2-4-20(5-3-19)46-18-28(31,32)27(29)30/h2-5,21-22,27,37H,6-18H2,1H3,(H,38,39)(H,41,42)(H,43,44)/t21?,22-/m0/s1. The lowest BCUT2D eigenvalue weighted by Crippen LogP contribution is -2.54. The quantitative estimate of drug-likeness (QED) is 0.144. The molecule has 1 aromatic rings. The van der Waals surface area contributed by atoms with Gasteiger partial charge in [-0.05, 0) is 24.1 Å². The van der Waals surface area contributed by atoms with Crippen molar-refractivity contribution in [3.63, 3.8) is 0 Å². The molecule has 2 atom stereocenters. The Morgan fingerprint density at radius 1 is 0.804 bits per heavy atom. The molecule has 4 N–H and O–H groups in total. The van der Waals surface area contributed by atoms with E-state index in [2.05, 4.69) is 0 Å². The predicted octanol–water partition coefficient (Wildman–Crippen LogP) is -0.114. The zero-order valence-corrected chi connectivity index (χ0v) is 25.3. The number of hydrogen-bond donors (Lipinski definition) is 4. The lowest BCUT2D eigenvalue weighted by molar-refractivity contribution is -0.148. The molecule has 1 aromatic carbocycles. The number of alkyl halides is 4. The van der Waals surface area contributed by atoms with E-state index in [-0.39, 0.29) is 71.1 Å². The first-order chi connectivity index (χ1) is 21.7. The van der Waals surface area contributed by atoms with Gasteiger partial charge in [-0.25, -0.2) is 8.78 Å². The van der Waals surface area contributed by atoms with Gasteiger partial charge in [0.05, 0.1) is 26.8 Å². The second-order valence-electron chi connectivity index (χ2n) is 10.7. The number of carboxylic acid groups (broad SMARTS) is 3. The van der Waals surface area contributed by atoms with Gasteiger partial charge in [0, 0.05) is 52.4 Å². The molecule has 0 aromatic heterocycles. The molecule has 0 radical (unpaired) electrons. The molecule has 1 aliphatic rings. The van der Waals surface area contributed by atoms with Crippen LogP contribution in [0.25, 0.3) is 0 Å². The number of hydrogen-bond acceptors (Lipinski definition) is 11. The molecule has 0 amide bonds. The minimum Gasteiger partial charge on any atom is -0.487 e. The Labute approximate surface area is 262 Å². The summed E-state index contributed by atoms with van der Waals surface area (Å²) in [4.78, 5) is 54.3. The molecule has 1 unspecified atom stereocenters. The van der Waals surface area contributed by atoms with Gasteiger partial charge in [-0.1, -0.05) is 12.1 Å². The number of aliphatic carboxylic acids is 3. The molecule has 0 bridgehead atoms. The van der Waals surface area contributed by atoms with Crippen LogP contribution in [0.4, 0.5) is 17.6 Å². The van der Waals surface area contributed by atoms with Crippen molar-refractivity contribution < 1.29 is 66.6 Å². The van der Waals surface area contributed by atoms with Crippen LogP contribution in [0.15, 0.2) is 24.3 Å². The molecular formula is C28H40F4N4O10. The lowest BCUT2D eigenvalue weighted by atomic mass is 10.0. The molecular weight excluding hydrogens is 628 g/mol. The van der Waals surface area contributed by atoms with Gasteiger partial charge in [0.1, 0.15) is 17.8 Å². The molecule has 14 nitrogen and oxygen atoms in total. The maximum Gasteiger partial charge on any atom is 0.340 e. The number of carbonyl (C=O) groups is 4. The highest BCUT2D eigenvalue weighted by Crippen LogP contribution is 2.25. The molecule has 0 spiro atoms. The van der Waals surface area contributed by atoms with Crippen LogP contribution in [-0.4, -0.2) is 174 Å². The van der Waals surface area contributed by atoms with Gasteiger partial charge in [-0.2, -0.15) is 8.78 Å². The number of benzene rings is 1. The Kier molecular flexibility index (Phi) is 15.6. The predicted molar refractivity (Wildman–Crippen MR) is 152 cm³/mol. The number of nitrogens with zero attached hydrogens (tertiary/aromatic N) is 4. The van der Waals surface area contributed by atoms with E-state index in [1.165, 1.54) is 41.2 Å². The summed E-state index contributed by atoms with van der Waals surface area (Å²) in [5.41, 5.74) is 0.458. The van der Waals surface area contributed by atoms with Crippen LogP contribution in [0, 0.1) is 0 Å². The van der Waals surface area contributed by atoms with Gasteiger partial charge in [0.15, 0.2) is 6.61 Å². The first-order valence-electron chi connectivity index (χ1n) is 14.3. The van der Waals surface area contributed by atoms with Crippen LogP contribution in [-0.2, 0) is 30.3 Å². The maximum absolute atomic E-state index is 13.2. The highest BCUT2D eigenvalue weighted by atomic mass is 19.3. The van der Waals surface area contributed by atoms with Crippen molar-refractivity contribution in [1.82, 2.24) is 19.6 Å². The van der Waals surface area contributed by atoms with Crippen molar-refractivity contribution in [2.45, 2.75) is 30.9 Å². The van der Waals surface area contributed by atoms with E-state index >= 15 is 0 Å². The third kappa shape index (κ3) is 12.7. The van der Waals surface area contributed by atoms with Gasteiger partial charge in [-0.3, -0.25) is 38.8 Å². The molecule has 46 heavy (non-hydrogen) atoms. The summed E-state index contributed by atoms with van der Waals surface area (Å²) in [7, 11) is 1.20. The molecule has 2 rings (SSSR count). The summed E-state index contributed by atoms with van der Waals surface area (Å²) >= 11 is 0. The van der Waals surface area contributed by atoms with E-state index in [1.54, 1.807) is 9.80 Å². The SMILES string of the molecule is COC(=O)CN1CCN(C(Cc2ccc(OCC(F)(F)C(F)F)cc2)C(=O)O)CCN(CC(=O)O)CCN([C@@H](CO)C(=O)O)CC1. The number of esters is 1. The van der Waals surface area contributed by atoms with Crippen molar-refractivity contribution in [3.8, 4) is 5.75 Å².